The highest BCUT2D eigenvalue weighted by Gasteiger charge is 2.25. The molecule has 1 aliphatic heterocycles. The van der Waals surface area contributed by atoms with Gasteiger partial charge in [0.1, 0.15) is 0 Å². The SMILES string of the molecule is OC[C@H]1CCCN1c1ncc(Br)s1. The van der Waals surface area contributed by atoms with Crippen LogP contribution in [0.25, 0.3) is 0 Å². The fraction of sp³-hybridized carbons (Fsp3) is 0.625. The van der Waals surface area contributed by atoms with Gasteiger partial charge in [-0.1, -0.05) is 11.3 Å². The Morgan fingerprint density at radius 3 is 3.23 bits per heavy atom. The zero-order chi connectivity index (χ0) is 9.26. The van der Waals surface area contributed by atoms with E-state index in [9.17, 15) is 0 Å². The number of nitrogens with zero attached hydrogens (tertiary/aromatic N) is 2. The van der Waals surface area contributed by atoms with Gasteiger partial charge in [-0.2, -0.15) is 0 Å². The summed E-state index contributed by atoms with van der Waals surface area (Å²) < 4.78 is 1.05. The highest BCUT2D eigenvalue weighted by Crippen LogP contribution is 2.31. The third-order valence-corrected chi connectivity index (χ3v) is 3.81. The Labute approximate surface area is 89.5 Å². The van der Waals surface area contributed by atoms with Crippen LogP contribution in [0.1, 0.15) is 12.8 Å². The maximum absolute atomic E-state index is 9.13. The Hall–Kier alpha value is -0.130. The first-order valence-corrected chi connectivity index (χ1v) is 5.91. The number of halogens is 1. The maximum atomic E-state index is 9.13. The molecule has 0 amide bonds. The van der Waals surface area contributed by atoms with Crippen molar-refractivity contribution in [2.75, 3.05) is 18.1 Å². The second-order valence-electron chi connectivity index (χ2n) is 3.12. The predicted molar refractivity (Wildman–Crippen MR) is 57.3 cm³/mol. The van der Waals surface area contributed by atoms with Crippen molar-refractivity contribution in [1.29, 1.82) is 0 Å². The molecule has 1 aromatic rings. The second kappa shape index (κ2) is 3.94. The van der Waals surface area contributed by atoms with E-state index in [-0.39, 0.29) is 12.6 Å². The Morgan fingerprint density at radius 2 is 2.62 bits per heavy atom. The third kappa shape index (κ3) is 1.87. The second-order valence-corrected chi connectivity index (χ2v) is 5.51. The van der Waals surface area contributed by atoms with Crippen LogP contribution in [0, 0.1) is 0 Å². The van der Waals surface area contributed by atoms with Crippen molar-refractivity contribution in [3.63, 3.8) is 0 Å². The lowest BCUT2D eigenvalue weighted by Gasteiger charge is -2.21. The topological polar surface area (TPSA) is 36.4 Å². The molecule has 13 heavy (non-hydrogen) atoms. The van der Waals surface area contributed by atoms with Gasteiger partial charge in [-0.25, -0.2) is 4.98 Å². The van der Waals surface area contributed by atoms with Gasteiger partial charge in [0.25, 0.3) is 0 Å². The minimum Gasteiger partial charge on any atom is -0.394 e. The van der Waals surface area contributed by atoms with Gasteiger partial charge in [-0.15, -0.1) is 0 Å². The van der Waals surface area contributed by atoms with E-state index in [0.717, 1.165) is 28.3 Å². The minimum absolute atomic E-state index is 0.233. The van der Waals surface area contributed by atoms with Crippen molar-refractivity contribution >= 4 is 32.4 Å². The van der Waals surface area contributed by atoms with E-state index in [1.54, 1.807) is 11.3 Å². The molecule has 1 fully saturated rings. The third-order valence-electron chi connectivity index (χ3n) is 2.30. The lowest BCUT2D eigenvalue weighted by molar-refractivity contribution is 0.266. The molecular formula is C8H11BrN2OS. The first-order chi connectivity index (χ1) is 6.31. The quantitative estimate of drug-likeness (QED) is 0.884. The number of rotatable bonds is 2. The number of aliphatic hydroxyl groups is 1. The highest BCUT2D eigenvalue weighted by molar-refractivity contribution is 9.11. The molecule has 0 bridgehead atoms. The molecule has 1 saturated heterocycles. The van der Waals surface area contributed by atoms with E-state index >= 15 is 0 Å². The van der Waals surface area contributed by atoms with Gasteiger partial charge in [0, 0.05) is 6.54 Å². The van der Waals surface area contributed by atoms with Crippen LogP contribution in [0.15, 0.2) is 9.98 Å². The van der Waals surface area contributed by atoms with Gasteiger partial charge in [-0.05, 0) is 28.8 Å². The van der Waals surface area contributed by atoms with Crippen molar-refractivity contribution < 1.29 is 5.11 Å². The number of anilines is 1. The zero-order valence-corrected chi connectivity index (χ0v) is 9.51. The van der Waals surface area contributed by atoms with E-state index in [4.69, 9.17) is 5.11 Å². The zero-order valence-electron chi connectivity index (χ0n) is 7.11. The fourth-order valence-corrected chi connectivity index (χ4v) is 2.94. The molecule has 0 saturated carbocycles. The van der Waals surface area contributed by atoms with E-state index in [1.165, 1.54) is 0 Å². The molecule has 0 spiro atoms. The minimum atomic E-state index is 0.233. The number of hydrogen-bond acceptors (Lipinski definition) is 4. The molecule has 3 nitrogen and oxygen atoms in total. The molecule has 2 heterocycles. The van der Waals surface area contributed by atoms with Crippen molar-refractivity contribution in [3.05, 3.63) is 9.98 Å². The monoisotopic (exact) mass is 262 g/mol. The molecule has 72 valence electrons. The van der Waals surface area contributed by atoms with Gasteiger partial charge < -0.3 is 10.0 Å². The van der Waals surface area contributed by atoms with Gasteiger partial charge in [-0.3, -0.25) is 0 Å². The molecule has 1 N–H and O–H groups in total. The normalized spacial score (nSPS) is 22.6. The summed E-state index contributed by atoms with van der Waals surface area (Å²) in [7, 11) is 0. The van der Waals surface area contributed by atoms with Crippen LogP contribution < -0.4 is 4.90 Å². The van der Waals surface area contributed by atoms with Gasteiger partial charge in [0.05, 0.1) is 22.6 Å². The molecule has 0 unspecified atom stereocenters. The van der Waals surface area contributed by atoms with E-state index < -0.39 is 0 Å². The first kappa shape index (κ1) is 9.43. The number of hydrogen-bond donors (Lipinski definition) is 1. The first-order valence-electron chi connectivity index (χ1n) is 4.30. The van der Waals surface area contributed by atoms with Crippen molar-refractivity contribution in [2.45, 2.75) is 18.9 Å². The summed E-state index contributed by atoms with van der Waals surface area (Å²) >= 11 is 5.01. The summed E-state index contributed by atoms with van der Waals surface area (Å²) in [6, 6.07) is 0.276. The predicted octanol–water partition coefficient (Wildman–Crippen LogP) is 1.87. The molecule has 0 radical (unpaired) electrons. The standard InChI is InChI=1S/C8H11BrN2OS/c9-7-4-10-8(13-7)11-3-1-2-6(11)5-12/h4,6,12H,1-3,5H2/t6-/m1/s1. The summed E-state index contributed by atoms with van der Waals surface area (Å²) in [5.74, 6) is 0. The summed E-state index contributed by atoms with van der Waals surface area (Å²) in [6.45, 7) is 1.25. The van der Waals surface area contributed by atoms with E-state index in [1.807, 2.05) is 6.20 Å². The van der Waals surface area contributed by atoms with Crippen molar-refractivity contribution in [2.24, 2.45) is 0 Å². The van der Waals surface area contributed by atoms with Gasteiger partial charge in [0.15, 0.2) is 5.13 Å². The number of aliphatic hydroxyl groups excluding tert-OH is 1. The number of aromatic nitrogens is 1. The molecular weight excluding hydrogens is 252 g/mol. The highest BCUT2D eigenvalue weighted by atomic mass is 79.9. The van der Waals surface area contributed by atoms with E-state index in [0.29, 0.717) is 0 Å². The average molecular weight is 263 g/mol. The Morgan fingerprint density at radius 1 is 1.77 bits per heavy atom. The van der Waals surface area contributed by atoms with Crippen LogP contribution in [0.2, 0.25) is 0 Å². The maximum Gasteiger partial charge on any atom is 0.186 e. The van der Waals surface area contributed by atoms with Crippen LogP contribution in [0.4, 0.5) is 5.13 Å². The molecule has 1 aromatic heterocycles. The van der Waals surface area contributed by atoms with Crippen LogP contribution in [-0.4, -0.2) is 29.3 Å². The molecule has 2 rings (SSSR count). The average Bonchev–Trinajstić information content (AvgIpc) is 2.71. The van der Waals surface area contributed by atoms with Crippen molar-refractivity contribution in [1.82, 2.24) is 4.98 Å². The van der Waals surface area contributed by atoms with Crippen LogP contribution in [-0.2, 0) is 0 Å². The van der Waals surface area contributed by atoms with Crippen LogP contribution in [0.3, 0.4) is 0 Å². The summed E-state index contributed by atoms with van der Waals surface area (Å²) in [6.07, 6.45) is 4.04. The van der Waals surface area contributed by atoms with Gasteiger partial charge >= 0.3 is 0 Å². The van der Waals surface area contributed by atoms with Gasteiger partial charge in [0.2, 0.25) is 0 Å². The summed E-state index contributed by atoms with van der Waals surface area (Å²) in [5, 5.41) is 10.1. The summed E-state index contributed by atoms with van der Waals surface area (Å²) in [5.41, 5.74) is 0. The molecule has 0 aromatic carbocycles. The lowest BCUT2D eigenvalue weighted by Crippen LogP contribution is -2.31. The number of thiazole rings is 1. The largest absolute Gasteiger partial charge is 0.394 e. The van der Waals surface area contributed by atoms with Crippen LogP contribution in [0.5, 0.6) is 0 Å². The molecule has 1 aliphatic rings. The fourth-order valence-electron chi connectivity index (χ4n) is 1.66. The molecule has 5 heteroatoms. The lowest BCUT2D eigenvalue weighted by atomic mass is 10.2. The van der Waals surface area contributed by atoms with Crippen LogP contribution >= 0.6 is 27.3 Å². The molecule has 0 aliphatic carbocycles. The molecule has 1 atom stereocenters. The van der Waals surface area contributed by atoms with E-state index in [2.05, 4.69) is 25.8 Å². The van der Waals surface area contributed by atoms with Crippen molar-refractivity contribution in [3.8, 4) is 0 Å². The summed E-state index contributed by atoms with van der Waals surface area (Å²) in [4.78, 5) is 6.47. The Balaban J connectivity index is 2.15. The Kier molecular flexibility index (Phi) is 2.86. The smallest absolute Gasteiger partial charge is 0.186 e. The Bertz CT molecular complexity index is 291.